The van der Waals surface area contributed by atoms with Crippen LogP contribution >= 0.6 is 11.6 Å². The summed E-state index contributed by atoms with van der Waals surface area (Å²) in [5.41, 5.74) is 1.68. The number of aromatic nitrogens is 8. The normalized spacial score (nSPS) is 19.6. The van der Waals surface area contributed by atoms with Crippen molar-refractivity contribution in [3.05, 3.63) is 48.1 Å². The zero-order chi connectivity index (χ0) is 31.4. The van der Waals surface area contributed by atoms with E-state index in [0.717, 1.165) is 44.5 Å². The molecule has 2 fully saturated rings. The fourth-order valence-corrected chi connectivity index (χ4v) is 5.42. The number of halogens is 4. The number of alkyl halides is 3. The van der Waals surface area contributed by atoms with Crippen LogP contribution in [-0.2, 0) is 11.3 Å². The van der Waals surface area contributed by atoms with Gasteiger partial charge in [-0.2, -0.15) is 13.2 Å². The first-order valence-corrected chi connectivity index (χ1v) is 15.0. The third-order valence-electron chi connectivity index (χ3n) is 7.58. The molecule has 1 saturated heterocycles. The summed E-state index contributed by atoms with van der Waals surface area (Å²) in [6.07, 6.45) is 5.10. The molecule has 17 heteroatoms. The summed E-state index contributed by atoms with van der Waals surface area (Å²) in [7, 11) is 0. The lowest BCUT2D eigenvalue weighted by atomic mass is 9.86. The first-order chi connectivity index (χ1) is 21.7. The monoisotopic (exact) mass is 648 g/mol. The Morgan fingerprint density at radius 1 is 1.11 bits per heavy atom. The molecule has 1 aliphatic heterocycles. The van der Waals surface area contributed by atoms with Crippen LogP contribution in [0.15, 0.2) is 43.1 Å². The van der Waals surface area contributed by atoms with Crippen LogP contribution in [0.1, 0.15) is 38.6 Å². The molecule has 240 valence electrons. The number of anilines is 2. The topological polar surface area (TPSA) is 139 Å². The van der Waals surface area contributed by atoms with Gasteiger partial charge in [0.2, 0.25) is 5.95 Å². The Balaban J connectivity index is 1.11. The van der Waals surface area contributed by atoms with Crippen LogP contribution in [-0.4, -0.2) is 84.1 Å². The fourth-order valence-electron chi connectivity index (χ4n) is 5.26. The summed E-state index contributed by atoms with van der Waals surface area (Å²) >= 11 is 6.37. The number of benzene rings is 1. The Bertz CT molecular complexity index is 1540. The van der Waals surface area contributed by atoms with Crippen LogP contribution < -0.4 is 20.1 Å². The smallest absolute Gasteiger partial charge is 0.422 e. The predicted molar refractivity (Wildman–Crippen MR) is 156 cm³/mol. The molecule has 1 aliphatic carbocycles. The lowest BCUT2D eigenvalue weighted by Crippen LogP contribution is -2.48. The number of hydrogen-bond donors (Lipinski definition) is 2. The largest absolute Gasteiger partial charge is 0.487 e. The molecule has 1 aromatic carbocycles. The Morgan fingerprint density at radius 3 is 2.60 bits per heavy atom. The van der Waals surface area contributed by atoms with Gasteiger partial charge in [-0.15, -0.1) is 10.2 Å². The Morgan fingerprint density at radius 2 is 1.89 bits per heavy atom. The molecule has 1 unspecified atom stereocenters. The molecule has 0 bridgehead atoms. The molecule has 1 atom stereocenters. The second kappa shape index (κ2) is 13.5. The van der Waals surface area contributed by atoms with E-state index in [0.29, 0.717) is 35.0 Å². The molecule has 13 nitrogen and oxygen atoms in total. The molecule has 2 aliphatic rings. The highest BCUT2D eigenvalue weighted by atomic mass is 35.5. The van der Waals surface area contributed by atoms with Crippen LogP contribution in [0.4, 0.5) is 24.8 Å². The molecule has 2 N–H and O–H groups in total. The molecule has 4 aromatic rings. The van der Waals surface area contributed by atoms with Gasteiger partial charge in [-0.25, -0.2) is 14.6 Å². The van der Waals surface area contributed by atoms with E-state index in [1.807, 2.05) is 13.0 Å². The predicted octanol–water partition coefficient (Wildman–Crippen LogP) is 4.60. The third-order valence-corrected chi connectivity index (χ3v) is 7.89. The van der Waals surface area contributed by atoms with Gasteiger partial charge in [-0.3, -0.25) is 4.68 Å². The SMILES string of the molecule is CC(Cn1cnnn1)Oc1cc(-c2cnc(Nc3cn(C4CC(NC5CCOCC5)C4)nc3OCC(F)(F)F)nc2)ccc1Cl. The van der Waals surface area contributed by atoms with Crippen molar-refractivity contribution < 1.29 is 27.4 Å². The van der Waals surface area contributed by atoms with Crippen molar-refractivity contribution in [3.8, 4) is 22.8 Å². The van der Waals surface area contributed by atoms with Crippen LogP contribution in [0, 0.1) is 0 Å². The lowest BCUT2D eigenvalue weighted by Gasteiger charge is -2.39. The molecule has 0 spiro atoms. The molecule has 45 heavy (non-hydrogen) atoms. The van der Waals surface area contributed by atoms with Crippen LogP contribution in [0.5, 0.6) is 11.6 Å². The van der Waals surface area contributed by atoms with Crippen molar-refractivity contribution in [2.24, 2.45) is 0 Å². The van der Waals surface area contributed by atoms with Crippen molar-refractivity contribution in [3.63, 3.8) is 0 Å². The van der Waals surface area contributed by atoms with Gasteiger partial charge >= 0.3 is 6.18 Å². The van der Waals surface area contributed by atoms with Crippen molar-refractivity contribution in [2.75, 3.05) is 25.1 Å². The van der Waals surface area contributed by atoms with Crippen LogP contribution in [0.3, 0.4) is 0 Å². The van der Waals surface area contributed by atoms with Crippen LogP contribution in [0.25, 0.3) is 11.1 Å². The van der Waals surface area contributed by atoms with E-state index in [4.69, 9.17) is 25.8 Å². The minimum atomic E-state index is -4.51. The standard InChI is InChI=1S/C28H32ClF3N10O3/c1-17(13-41-16-35-39-40-41)45-25-8-18(2-3-23(25)29)19-11-33-27(34-12-19)37-24-14-42(38-26(24)44-15-28(30,31)32)22-9-21(10-22)36-20-4-6-43-7-5-20/h2-3,8,11-12,14,16-17,20-22,36H,4-7,9-10,13,15H2,1H3,(H,33,34,37). The first-order valence-electron chi connectivity index (χ1n) is 14.6. The zero-order valence-corrected chi connectivity index (χ0v) is 25.1. The summed E-state index contributed by atoms with van der Waals surface area (Å²) in [6, 6.07) is 6.08. The Kier molecular flexibility index (Phi) is 9.32. The Labute approximate surface area is 261 Å². The molecular weight excluding hydrogens is 617 g/mol. The van der Waals surface area contributed by atoms with Crippen molar-refractivity contribution in [2.45, 2.75) is 69.6 Å². The molecule has 1 saturated carbocycles. The fraction of sp³-hybridized carbons (Fsp3) is 0.500. The quantitative estimate of drug-likeness (QED) is 0.223. The van der Waals surface area contributed by atoms with Crippen molar-refractivity contribution in [1.82, 2.24) is 45.3 Å². The zero-order valence-electron chi connectivity index (χ0n) is 24.3. The Hall–Kier alpha value is -4.02. The van der Waals surface area contributed by atoms with Crippen LogP contribution in [0.2, 0.25) is 5.02 Å². The number of rotatable bonds is 12. The van der Waals surface area contributed by atoms with Gasteiger partial charge in [0.25, 0.3) is 5.88 Å². The highest BCUT2D eigenvalue weighted by molar-refractivity contribution is 6.32. The average Bonchev–Trinajstić information content (AvgIpc) is 3.65. The summed E-state index contributed by atoms with van der Waals surface area (Å²) in [5, 5.41) is 22.4. The maximum atomic E-state index is 13.0. The van der Waals surface area contributed by atoms with Crippen molar-refractivity contribution >= 4 is 23.2 Å². The van der Waals surface area contributed by atoms with Gasteiger partial charge in [0.05, 0.1) is 23.8 Å². The summed E-state index contributed by atoms with van der Waals surface area (Å²) in [4.78, 5) is 8.74. The number of tetrazole rings is 1. The van der Waals surface area contributed by atoms with Crippen molar-refractivity contribution in [1.29, 1.82) is 0 Å². The average molecular weight is 649 g/mol. The second-order valence-corrected chi connectivity index (χ2v) is 11.5. The summed E-state index contributed by atoms with van der Waals surface area (Å²) < 4.78 is 58.6. The van der Waals surface area contributed by atoms with Gasteiger partial charge in [-0.05, 0) is 60.7 Å². The van der Waals surface area contributed by atoms with Gasteiger partial charge in [-0.1, -0.05) is 17.7 Å². The molecular formula is C28H32ClF3N10O3. The number of hydrogen-bond acceptors (Lipinski definition) is 11. The van der Waals surface area contributed by atoms with E-state index in [1.165, 1.54) is 6.33 Å². The van der Waals surface area contributed by atoms with E-state index in [2.05, 4.69) is 41.2 Å². The number of ether oxygens (including phenoxy) is 3. The third kappa shape index (κ3) is 8.18. The molecule has 4 heterocycles. The van der Waals surface area contributed by atoms with E-state index in [1.54, 1.807) is 40.1 Å². The van der Waals surface area contributed by atoms with E-state index in [-0.39, 0.29) is 29.7 Å². The van der Waals surface area contributed by atoms with Gasteiger partial charge in [0.1, 0.15) is 23.9 Å². The maximum absolute atomic E-state index is 13.0. The summed E-state index contributed by atoms with van der Waals surface area (Å²) in [6.45, 7) is 2.34. The van der Waals surface area contributed by atoms with Gasteiger partial charge in [0.15, 0.2) is 6.61 Å². The highest BCUT2D eigenvalue weighted by Crippen LogP contribution is 2.37. The lowest BCUT2D eigenvalue weighted by molar-refractivity contribution is -0.154. The minimum Gasteiger partial charge on any atom is -0.487 e. The number of nitrogens with zero attached hydrogens (tertiary/aromatic N) is 8. The molecule has 3 aromatic heterocycles. The highest BCUT2D eigenvalue weighted by Gasteiger charge is 2.35. The maximum Gasteiger partial charge on any atom is 0.422 e. The minimum absolute atomic E-state index is 0.0336. The van der Waals surface area contributed by atoms with E-state index in [9.17, 15) is 13.2 Å². The molecule has 0 amide bonds. The summed E-state index contributed by atoms with van der Waals surface area (Å²) in [5.74, 6) is 0.469. The molecule has 0 radical (unpaired) electrons. The van der Waals surface area contributed by atoms with E-state index < -0.39 is 12.8 Å². The van der Waals surface area contributed by atoms with E-state index >= 15 is 0 Å². The molecule has 6 rings (SSSR count). The van der Waals surface area contributed by atoms with Gasteiger partial charge < -0.3 is 24.8 Å². The number of nitrogens with one attached hydrogen (secondary N) is 2. The first kappa shape index (κ1) is 31.0. The second-order valence-electron chi connectivity index (χ2n) is 11.1. The van der Waals surface area contributed by atoms with Gasteiger partial charge in [0, 0.05) is 43.3 Å².